The summed E-state index contributed by atoms with van der Waals surface area (Å²) < 4.78 is 24.3. The molecule has 3 saturated heterocycles. The predicted molar refractivity (Wildman–Crippen MR) is 67.6 cm³/mol. The van der Waals surface area contributed by atoms with Crippen molar-refractivity contribution >= 4 is 0 Å². The zero-order valence-corrected chi connectivity index (χ0v) is 11.4. The molecule has 0 amide bonds. The van der Waals surface area contributed by atoms with Crippen LogP contribution in [0.4, 0.5) is 0 Å². The van der Waals surface area contributed by atoms with E-state index in [4.69, 9.17) is 24.1 Å². The molecule has 2 spiro atoms. The molecule has 110 valence electrons. The van der Waals surface area contributed by atoms with E-state index in [1.807, 2.05) is 0 Å². The van der Waals surface area contributed by atoms with Gasteiger partial charge in [-0.15, -0.1) is 0 Å². The lowest BCUT2D eigenvalue weighted by Gasteiger charge is -2.55. The van der Waals surface area contributed by atoms with Gasteiger partial charge in [0.25, 0.3) is 0 Å². The number of ether oxygens (including phenoxy) is 4. The molecule has 3 aliphatic rings. The number of aliphatic hydroxyl groups is 1. The van der Waals surface area contributed by atoms with Gasteiger partial charge in [0.15, 0.2) is 0 Å². The molecular formula is C14H24O5. The third kappa shape index (κ3) is 2.43. The van der Waals surface area contributed by atoms with Gasteiger partial charge in [0.1, 0.15) is 0 Å². The second-order valence-corrected chi connectivity index (χ2v) is 5.68. The first-order valence-electron chi connectivity index (χ1n) is 7.51. The van der Waals surface area contributed by atoms with Gasteiger partial charge in [-0.2, -0.15) is 0 Å². The summed E-state index contributed by atoms with van der Waals surface area (Å²) in [4.78, 5) is 0. The molecule has 3 heterocycles. The quantitative estimate of drug-likeness (QED) is 0.827. The van der Waals surface area contributed by atoms with E-state index < -0.39 is 11.6 Å². The van der Waals surface area contributed by atoms with Gasteiger partial charge in [0, 0.05) is 19.4 Å². The van der Waals surface area contributed by atoms with Gasteiger partial charge in [0.05, 0.1) is 25.9 Å². The fourth-order valence-electron chi connectivity index (χ4n) is 3.36. The van der Waals surface area contributed by atoms with Crippen molar-refractivity contribution in [3.05, 3.63) is 0 Å². The number of hydrogen-bond acceptors (Lipinski definition) is 5. The van der Waals surface area contributed by atoms with Crippen molar-refractivity contribution in [3.8, 4) is 0 Å². The van der Waals surface area contributed by atoms with Crippen LogP contribution in [-0.4, -0.2) is 49.2 Å². The highest BCUT2D eigenvalue weighted by Crippen LogP contribution is 2.47. The Balaban J connectivity index is 1.81. The lowest BCUT2D eigenvalue weighted by molar-refractivity contribution is -0.466. The van der Waals surface area contributed by atoms with E-state index in [2.05, 4.69) is 0 Å². The Morgan fingerprint density at radius 3 is 2.16 bits per heavy atom. The Morgan fingerprint density at radius 2 is 1.58 bits per heavy atom. The van der Waals surface area contributed by atoms with E-state index in [0.717, 1.165) is 38.5 Å². The van der Waals surface area contributed by atoms with Crippen LogP contribution in [0.1, 0.15) is 44.9 Å². The fraction of sp³-hybridized carbons (Fsp3) is 1.00. The van der Waals surface area contributed by atoms with Gasteiger partial charge in [-0.3, -0.25) is 0 Å². The first kappa shape index (κ1) is 13.8. The van der Waals surface area contributed by atoms with Crippen molar-refractivity contribution < 1.29 is 24.1 Å². The molecular weight excluding hydrogens is 248 g/mol. The average Bonchev–Trinajstić information content (AvgIpc) is 2.46. The molecule has 0 aromatic heterocycles. The molecule has 0 saturated carbocycles. The standard InChI is InChI=1S/C14H24O5/c15-8-5-12-11-18-13(6-1-3-9-16-13)14(19-12)7-2-4-10-17-14/h12,15H,1-11H2/t12-,13+,14+/m0/s1. The number of rotatable bonds is 2. The zero-order chi connectivity index (χ0) is 13.2. The van der Waals surface area contributed by atoms with Crippen molar-refractivity contribution in [2.75, 3.05) is 26.4 Å². The first-order chi connectivity index (χ1) is 9.30. The molecule has 0 bridgehead atoms. The van der Waals surface area contributed by atoms with Gasteiger partial charge in [0.2, 0.25) is 11.6 Å². The Morgan fingerprint density at radius 1 is 0.895 bits per heavy atom. The smallest absolute Gasteiger partial charge is 0.224 e. The highest BCUT2D eigenvalue weighted by Gasteiger charge is 2.61. The van der Waals surface area contributed by atoms with Crippen LogP contribution in [0.5, 0.6) is 0 Å². The monoisotopic (exact) mass is 272 g/mol. The Bertz CT molecular complexity index is 294. The third-order valence-corrected chi connectivity index (χ3v) is 4.36. The SMILES string of the molecule is OCC[C@H]1CO[C@]2(CCCCO2)[C@@]2(CCCCO2)O1. The summed E-state index contributed by atoms with van der Waals surface area (Å²) in [6, 6.07) is 0. The van der Waals surface area contributed by atoms with Crippen molar-refractivity contribution in [1.29, 1.82) is 0 Å². The van der Waals surface area contributed by atoms with Gasteiger partial charge in [-0.05, 0) is 32.1 Å². The normalized spacial score (nSPS) is 43.7. The lowest BCUT2D eigenvalue weighted by Crippen LogP contribution is -2.67. The summed E-state index contributed by atoms with van der Waals surface area (Å²) in [5.74, 6) is -1.48. The number of aliphatic hydroxyl groups excluding tert-OH is 1. The average molecular weight is 272 g/mol. The van der Waals surface area contributed by atoms with Gasteiger partial charge in [-0.1, -0.05) is 0 Å². The molecule has 5 nitrogen and oxygen atoms in total. The van der Waals surface area contributed by atoms with E-state index >= 15 is 0 Å². The lowest BCUT2D eigenvalue weighted by atomic mass is 9.89. The minimum Gasteiger partial charge on any atom is -0.396 e. The van der Waals surface area contributed by atoms with Crippen molar-refractivity contribution in [1.82, 2.24) is 0 Å². The molecule has 3 aliphatic heterocycles. The van der Waals surface area contributed by atoms with Crippen LogP contribution >= 0.6 is 0 Å². The fourth-order valence-corrected chi connectivity index (χ4v) is 3.36. The predicted octanol–water partition coefficient (Wildman–Crippen LogP) is 1.58. The molecule has 0 aromatic rings. The topological polar surface area (TPSA) is 57.2 Å². The Labute approximate surface area is 114 Å². The van der Waals surface area contributed by atoms with Crippen molar-refractivity contribution in [2.45, 2.75) is 62.6 Å². The number of fused-ring (bicyclic) bond motifs is 1. The van der Waals surface area contributed by atoms with Gasteiger partial charge >= 0.3 is 0 Å². The molecule has 5 heteroatoms. The molecule has 0 aliphatic carbocycles. The zero-order valence-electron chi connectivity index (χ0n) is 11.4. The third-order valence-electron chi connectivity index (χ3n) is 4.36. The van der Waals surface area contributed by atoms with Crippen molar-refractivity contribution in [3.63, 3.8) is 0 Å². The second-order valence-electron chi connectivity index (χ2n) is 5.68. The summed E-state index contributed by atoms with van der Waals surface area (Å²) in [5.41, 5.74) is 0. The van der Waals surface area contributed by atoms with Crippen LogP contribution in [0.3, 0.4) is 0 Å². The van der Waals surface area contributed by atoms with Crippen molar-refractivity contribution in [2.24, 2.45) is 0 Å². The maximum atomic E-state index is 9.10. The van der Waals surface area contributed by atoms with E-state index in [-0.39, 0.29) is 12.7 Å². The van der Waals surface area contributed by atoms with Crippen LogP contribution < -0.4 is 0 Å². The number of hydrogen-bond donors (Lipinski definition) is 1. The highest BCUT2D eigenvalue weighted by molar-refractivity contribution is 4.96. The summed E-state index contributed by atoms with van der Waals surface area (Å²) in [7, 11) is 0. The molecule has 3 rings (SSSR count). The van der Waals surface area contributed by atoms with Gasteiger partial charge < -0.3 is 24.1 Å². The second kappa shape index (κ2) is 5.66. The molecule has 1 N–H and O–H groups in total. The molecule has 19 heavy (non-hydrogen) atoms. The van der Waals surface area contributed by atoms with E-state index in [1.165, 1.54) is 0 Å². The molecule has 0 aromatic carbocycles. The van der Waals surface area contributed by atoms with E-state index in [0.29, 0.717) is 26.2 Å². The van der Waals surface area contributed by atoms with Gasteiger partial charge in [-0.25, -0.2) is 0 Å². The van der Waals surface area contributed by atoms with Crippen LogP contribution in [0.25, 0.3) is 0 Å². The Kier molecular flexibility index (Phi) is 4.10. The van der Waals surface area contributed by atoms with E-state index in [9.17, 15) is 0 Å². The van der Waals surface area contributed by atoms with Crippen LogP contribution in [0.2, 0.25) is 0 Å². The summed E-state index contributed by atoms with van der Waals surface area (Å²) in [5, 5.41) is 9.10. The molecule has 0 unspecified atom stereocenters. The maximum Gasteiger partial charge on any atom is 0.224 e. The van der Waals surface area contributed by atoms with E-state index in [1.54, 1.807) is 0 Å². The minimum atomic E-state index is -0.760. The largest absolute Gasteiger partial charge is 0.396 e. The van der Waals surface area contributed by atoms with Crippen LogP contribution in [-0.2, 0) is 18.9 Å². The first-order valence-corrected chi connectivity index (χ1v) is 7.51. The highest BCUT2D eigenvalue weighted by atomic mass is 16.8. The Hall–Kier alpha value is -0.200. The summed E-state index contributed by atoms with van der Waals surface area (Å²) >= 11 is 0. The summed E-state index contributed by atoms with van der Waals surface area (Å²) in [6.45, 7) is 1.99. The maximum absolute atomic E-state index is 9.10. The minimum absolute atomic E-state index is 0.0979. The molecule has 0 radical (unpaired) electrons. The van der Waals surface area contributed by atoms with Crippen LogP contribution in [0.15, 0.2) is 0 Å². The molecule has 3 atom stereocenters. The summed E-state index contributed by atoms with van der Waals surface area (Å²) in [6.07, 6.45) is 6.42. The van der Waals surface area contributed by atoms with Crippen LogP contribution in [0, 0.1) is 0 Å². The molecule has 3 fully saturated rings.